The number of esters is 1. The quantitative estimate of drug-likeness (QED) is 0.290. The number of methoxy groups -OCH3 is 1. The second-order valence-corrected chi connectivity index (χ2v) is 10.2. The van der Waals surface area contributed by atoms with Gasteiger partial charge in [-0.25, -0.2) is 9.78 Å². The van der Waals surface area contributed by atoms with Gasteiger partial charge in [0.25, 0.3) is 5.91 Å². The van der Waals surface area contributed by atoms with Gasteiger partial charge in [0.15, 0.2) is 0 Å². The van der Waals surface area contributed by atoms with E-state index in [-0.39, 0.29) is 5.91 Å². The van der Waals surface area contributed by atoms with Crippen molar-refractivity contribution < 1.29 is 19.1 Å². The number of carbonyl (C=O) groups is 2. The number of amides is 1. The Morgan fingerprint density at radius 2 is 1.51 bits per heavy atom. The summed E-state index contributed by atoms with van der Waals surface area (Å²) in [5.74, 6) is 1.93. The highest BCUT2D eigenvalue weighted by Gasteiger charge is 2.22. The monoisotopic (exact) mass is 542 g/mol. The number of hydrogen-bond acceptors (Lipinski definition) is 8. The molecule has 0 radical (unpaired) electrons. The van der Waals surface area contributed by atoms with E-state index in [0.717, 1.165) is 41.0 Å². The van der Waals surface area contributed by atoms with Crippen LogP contribution in [0.4, 0.5) is 5.13 Å². The maximum Gasteiger partial charge on any atom is 0.337 e. The first-order valence-corrected chi connectivity index (χ1v) is 13.6. The van der Waals surface area contributed by atoms with Gasteiger partial charge in [0, 0.05) is 49.7 Å². The third kappa shape index (κ3) is 6.61. The lowest BCUT2D eigenvalue weighted by Gasteiger charge is -2.21. The SMILES string of the molecule is COC(=O)c1ccc(C(=O)N2CCCN(c3nc(Cc4ccc(Oc5ccc(C)cc5)cc4)ns3)CC2)cc1. The van der Waals surface area contributed by atoms with Gasteiger partial charge in [-0.15, -0.1) is 0 Å². The smallest absolute Gasteiger partial charge is 0.337 e. The van der Waals surface area contributed by atoms with Gasteiger partial charge in [0.2, 0.25) is 5.13 Å². The van der Waals surface area contributed by atoms with Crippen LogP contribution in [0.5, 0.6) is 11.5 Å². The van der Waals surface area contributed by atoms with Crippen molar-refractivity contribution >= 4 is 28.5 Å². The molecule has 1 amide bonds. The van der Waals surface area contributed by atoms with E-state index in [4.69, 9.17) is 14.5 Å². The maximum absolute atomic E-state index is 13.1. The van der Waals surface area contributed by atoms with E-state index in [1.807, 2.05) is 53.4 Å². The highest BCUT2D eigenvalue weighted by atomic mass is 32.1. The van der Waals surface area contributed by atoms with Crippen LogP contribution in [-0.2, 0) is 11.2 Å². The van der Waals surface area contributed by atoms with Crippen LogP contribution < -0.4 is 9.64 Å². The average molecular weight is 543 g/mol. The Hall–Kier alpha value is -4.24. The Balaban J connectivity index is 1.15. The number of ether oxygens (including phenoxy) is 2. The molecule has 0 aliphatic carbocycles. The third-order valence-corrected chi connectivity index (χ3v) is 7.42. The lowest BCUT2D eigenvalue weighted by Crippen LogP contribution is -2.35. The van der Waals surface area contributed by atoms with Gasteiger partial charge < -0.3 is 19.3 Å². The zero-order chi connectivity index (χ0) is 27.2. The Morgan fingerprint density at radius 1 is 0.846 bits per heavy atom. The summed E-state index contributed by atoms with van der Waals surface area (Å²) in [5, 5.41) is 0.876. The molecule has 1 aliphatic heterocycles. The predicted molar refractivity (Wildman–Crippen MR) is 151 cm³/mol. The van der Waals surface area contributed by atoms with Crippen molar-refractivity contribution in [2.45, 2.75) is 19.8 Å². The normalized spacial score (nSPS) is 13.6. The molecular formula is C30H30N4O4S. The van der Waals surface area contributed by atoms with Crippen LogP contribution in [0, 0.1) is 6.92 Å². The summed E-state index contributed by atoms with van der Waals surface area (Å²) in [4.78, 5) is 33.6. The van der Waals surface area contributed by atoms with Crippen LogP contribution in [0.25, 0.3) is 0 Å². The van der Waals surface area contributed by atoms with Crippen LogP contribution >= 0.6 is 11.5 Å². The lowest BCUT2D eigenvalue weighted by atomic mass is 10.1. The minimum absolute atomic E-state index is 0.0407. The lowest BCUT2D eigenvalue weighted by molar-refractivity contribution is 0.0599. The van der Waals surface area contributed by atoms with E-state index in [1.165, 1.54) is 24.2 Å². The summed E-state index contributed by atoms with van der Waals surface area (Å²) >= 11 is 1.40. The summed E-state index contributed by atoms with van der Waals surface area (Å²) in [6.45, 7) is 4.80. The number of aromatic nitrogens is 2. The number of carbonyl (C=O) groups excluding carboxylic acids is 2. The highest BCUT2D eigenvalue weighted by Crippen LogP contribution is 2.24. The predicted octanol–water partition coefficient (Wildman–Crippen LogP) is 5.37. The number of aryl methyl sites for hydroxylation is 1. The zero-order valence-electron chi connectivity index (χ0n) is 22.0. The molecule has 0 atom stereocenters. The Bertz CT molecular complexity index is 1420. The van der Waals surface area contributed by atoms with Gasteiger partial charge in [0.1, 0.15) is 17.3 Å². The second kappa shape index (κ2) is 12.1. The second-order valence-electron chi connectivity index (χ2n) is 9.43. The zero-order valence-corrected chi connectivity index (χ0v) is 22.8. The summed E-state index contributed by atoms with van der Waals surface area (Å²) in [6, 6.07) is 22.6. The molecule has 1 aliphatic rings. The third-order valence-electron chi connectivity index (χ3n) is 6.61. The van der Waals surface area contributed by atoms with Crippen molar-refractivity contribution in [3.8, 4) is 11.5 Å². The van der Waals surface area contributed by atoms with E-state index in [9.17, 15) is 9.59 Å². The first-order chi connectivity index (χ1) is 19.0. The molecule has 0 spiro atoms. The highest BCUT2D eigenvalue weighted by molar-refractivity contribution is 7.09. The van der Waals surface area contributed by atoms with Crippen LogP contribution in [0.15, 0.2) is 72.8 Å². The first-order valence-electron chi connectivity index (χ1n) is 12.9. The fourth-order valence-corrected chi connectivity index (χ4v) is 5.14. The largest absolute Gasteiger partial charge is 0.465 e. The van der Waals surface area contributed by atoms with E-state index in [1.54, 1.807) is 24.3 Å². The molecule has 9 heteroatoms. The number of nitrogens with zero attached hydrogens (tertiary/aromatic N) is 4. The van der Waals surface area contributed by atoms with Crippen molar-refractivity contribution in [3.05, 3.63) is 101 Å². The van der Waals surface area contributed by atoms with Gasteiger partial charge in [-0.05, 0) is 67.4 Å². The molecule has 0 saturated carbocycles. The van der Waals surface area contributed by atoms with Gasteiger partial charge in [-0.1, -0.05) is 29.8 Å². The van der Waals surface area contributed by atoms with E-state index in [0.29, 0.717) is 37.2 Å². The topological polar surface area (TPSA) is 84.9 Å². The van der Waals surface area contributed by atoms with Crippen molar-refractivity contribution in [2.24, 2.45) is 0 Å². The van der Waals surface area contributed by atoms with Crippen molar-refractivity contribution in [3.63, 3.8) is 0 Å². The molecule has 0 unspecified atom stereocenters. The first kappa shape index (κ1) is 26.4. The maximum atomic E-state index is 13.1. The fourth-order valence-electron chi connectivity index (χ4n) is 4.41. The molecule has 5 rings (SSSR count). The summed E-state index contributed by atoms with van der Waals surface area (Å²) in [5.41, 5.74) is 3.29. The van der Waals surface area contributed by atoms with Crippen molar-refractivity contribution in [1.82, 2.24) is 14.3 Å². The number of benzene rings is 3. The summed E-state index contributed by atoms with van der Waals surface area (Å²) in [6.07, 6.45) is 1.48. The minimum atomic E-state index is -0.417. The van der Waals surface area contributed by atoms with Crippen LogP contribution in [0.3, 0.4) is 0 Å². The molecule has 1 fully saturated rings. The molecule has 8 nitrogen and oxygen atoms in total. The van der Waals surface area contributed by atoms with Crippen molar-refractivity contribution in [2.75, 3.05) is 38.2 Å². The molecule has 1 saturated heterocycles. The molecule has 39 heavy (non-hydrogen) atoms. The van der Waals surface area contributed by atoms with E-state index >= 15 is 0 Å². The van der Waals surface area contributed by atoms with Gasteiger partial charge in [-0.3, -0.25) is 4.79 Å². The molecule has 2 heterocycles. The van der Waals surface area contributed by atoms with Gasteiger partial charge >= 0.3 is 5.97 Å². The summed E-state index contributed by atoms with van der Waals surface area (Å²) in [7, 11) is 1.34. The number of anilines is 1. The molecule has 1 aromatic heterocycles. The van der Waals surface area contributed by atoms with Crippen molar-refractivity contribution in [1.29, 1.82) is 0 Å². The fraction of sp³-hybridized carbons (Fsp3) is 0.267. The molecule has 0 N–H and O–H groups in total. The Kier molecular flexibility index (Phi) is 8.17. The van der Waals surface area contributed by atoms with E-state index in [2.05, 4.69) is 16.2 Å². The van der Waals surface area contributed by atoms with Crippen LogP contribution in [-0.4, -0.2) is 59.4 Å². The molecule has 4 aromatic rings. The number of rotatable bonds is 7. The number of hydrogen-bond donors (Lipinski definition) is 0. The summed E-state index contributed by atoms with van der Waals surface area (Å²) < 4.78 is 15.2. The molecule has 0 bridgehead atoms. The molecule has 200 valence electrons. The van der Waals surface area contributed by atoms with Crippen LogP contribution in [0.1, 0.15) is 44.1 Å². The molecular weight excluding hydrogens is 512 g/mol. The Labute approximate surface area is 232 Å². The molecule has 3 aromatic carbocycles. The van der Waals surface area contributed by atoms with Gasteiger partial charge in [0.05, 0.1) is 12.7 Å². The standard InChI is InChI=1S/C30H30N4O4S/c1-21-4-12-25(13-5-21)38-26-14-6-22(7-15-26)20-27-31-30(39-32-27)34-17-3-16-33(18-19-34)28(35)23-8-10-24(11-9-23)29(36)37-2/h4-15H,3,16-20H2,1-2H3. The van der Waals surface area contributed by atoms with E-state index < -0.39 is 5.97 Å². The average Bonchev–Trinajstić information content (AvgIpc) is 3.29. The van der Waals surface area contributed by atoms with Crippen LogP contribution in [0.2, 0.25) is 0 Å². The Morgan fingerprint density at radius 3 is 2.21 bits per heavy atom. The minimum Gasteiger partial charge on any atom is -0.465 e. The van der Waals surface area contributed by atoms with Gasteiger partial charge in [-0.2, -0.15) is 4.37 Å².